The summed E-state index contributed by atoms with van der Waals surface area (Å²) in [5, 5.41) is 6.03. The molecule has 2 aromatic heterocycles. The van der Waals surface area contributed by atoms with E-state index in [9.17, 15) is 13.2 Å². The van der Waals surface area contributed by atoms with Crippen LogP contribution in [0.25, 0.3) is 11.3 Å². The highest BCUT2D eigenvalue weighted by molar-refractivity contribution is 7.92. The molecule has 0 aliphatic carbocycles. The van der Waals surface area contributed by atoms with Crippen molar-refractivity contribution in [2.75, 3.05) is 39.6 Å². The summed E-state index contributed by atoms with van der Waals surface area (Å²) in [6, 6.07) is 10.3. The van der Waals surface area contributed by atoms with Gasteiger partial charge in [0, 0.05) is 36.7 Å². The number of amides is 2. The van der Waals surface area contributed by atoms with Crippen LogP contribution in [0.15, 0.2) is 55.0 Å². The molecule has 0 saturated carbocycles. The largest absolute Gasteiger partial charge is 0.382 e. The zero-order valence-corrected chi connectivity index (χ0v) is 17.6. The molecule has 3 heterocycles. The van der Waals surface area contributed by atoms with Crippen molar-refractivity contribution >= 4 is 39.1 Å². The van der Waals surface area contributed by atoms with Gasteiger partial charge in [-0.15, -0.1) is 0 Å². The van der Waals surface area contributed by atoms with Gasteiger partial charge < -0.3 is 5.32 Å². The van der Waals surface area contributed by atoms with Crippen LogP contribution in [-0.2, 0) is 10.0 Å². The summed E-state index contributed by atoms with van der Waals surface area (Å²) in [5.41, 5.74) is 2.50. The lowest BCUT2D eigenvalue weighted by atomic mass is 10.1. The highest BCUT2D eigenvalue weighted by Crippen LogP contribution is 2.31. The third-order valence-corrected chi connectivity index (χ3v) is 5.12. The number of hydrogen-bond acceptors (Lipinski definition) is 7. The third kappa shape index (κ3) is 5.07. The molecule has 0 saturated heterocycles. The predicted molar refractivity (Wildman–Crippen MR) is 120 cm³/mol. The van der Waals surface area contributed by atoms with Gasteiger partial charge in [-0.25, -0.2) is 23.2 Å². The summed E-state index contributed by atoms with van der Waals surface area (Å²) < 4.78 is 25.6. The molecule has 0 radical (unpaired) electrons. The van der Waals surface area contributed by atoms with Crippen LogP contribution < -0.4 is 20.3 Å². The Labute approximate surface area is 179 Å². The second-order valence-electron chi connectivity index (χ2n) is 6.98. The Morgan fingerprint density at radius 3 is 2.84 bits per heavy atom. The Kier molecular flexibility index (Phi) is 5.67. The molecule has 4 rings (SSSR count). The van der Waals surface area contributed by atoms with Crippen molar-refractivity contribution in [1.29, 1.82) is 0 Å². The number of carbonyl (C=O) groups excluding carboxylic acids is 1. The number of anilines is 4. The average Bonchev–Trinajstić information content (AvgIpc) is 2.95. The Hall–Kier alpha value is -3.73. The van der Waals surface area contributed by atoms with Crippen molar-refractivity contribution < 1.29 is 13.2 Å². The summed E-state index contributed by atoms with van der Waals surface area (Å²) in [4.78, 5) is 27.3. The Morgan fingerprint density at radius 2 is 2.06 bits per heavy atom. The maximum Gasteiger partial charge on any atom is 0.328 e. The SMILES string of the molecule is CS(=O)(=O)Nc1cccc(-c2ccc3c(n2)N(C(=O)Nc2cnccn2)CCCN3)c1. The van der Waals surface area contributed by atoms with Crippen LogP contribution in [0.4, 0.5) is 27.8 Å². The molecule has 3 N–H and O–H groups in total. The van der Waals surface area contributed by atoms with E-state index in [1.165, 1.54) is 18.6 Å². The molecule has 0 spiro atoms. The van der Waals surface area contributed by atoms with Crippen LogP contribution >= 0.6 is 0 Å². The van der Waals surface area contributed by atoms with E-state index in [0.29, 0.717) is 36.1 Å². The number of hydrogen-bond donors (Lipinski definition) is 3. The molecule has 160 valence electrons. The van der Waals surface area contributed by atoms with E-state index < -0.39 is 10.0 Å². The third-order valence-electron chi connectivity index (χ3n) is 4.51. The van der Waals surface area contributed by atoms with Crippen LogP contribution in [0.2, 0.25) is 0 Å². The topological polar surface area (TPSA) is 129 Å². The van der Waals surface area contributed by atoms with Crippen LogP contribution in [0.1, 0.15) is 6.42 Å². The second kappa shape index (κ2) is 8.56. The van der Waals surface area contributed by atoms with Gasteiger partial charge in [-0.2, -0.15) is 0 Å². The van der Waals surface area contributed by atoms with Gasteiger partial charge in [-0.3, -0.25) is 19.9 Å². The summed E-state index contributed by atoms with van der Waals surface area (Å²) >= 11 is 0. The zero-order chi connectivity index (χ0) is 21.8. The van der Waals surface area contributed by atoms with Gasteiger partial charge >= 0.3 is 6.03 Å². The van der Waals surface area contributed by atoms with Gasteiger partial charge in [-0.05, 0) is 30.7 Å². The summed E-state index contributed by atoms with van der Waals surface area (Å²) in [6.45, 7) is 1.18. The molecule has 1 aromatic carbocycles. The first-order valence-electron chi connectivity index (χ1n) is 9.57. The summed E-state index contributed by atoms with van der Waals surface area (Å²) in [5.74, 6) is 0.833. The van der Waals surface area contributed by atoms with Crippen molar-refractivity contribution in [2.45, 2.75) is 6.42 Å². The van der Waals surface area contributed by atoms with E-state index in [1.807, 2.05) is 18.2 Å². The number of rotatable bonds is 4. The van der Waals surface area contributed by atoms with Crippen molar-refractivity contribution in [3.63, 3.8) is 0 Å². The number of fused-ring (bicyclic) bond motifs is 1. The predicted octanol–water partition coefficient (Wildman–Crippen LogP) is 2.76. The molecular weight excluding hydrogens is 418 g/mol. The van der Waals surface area contributed by atoms with E-state index in [2.05, 4.69) is 25.3 Å². The quantitative estimate of drug-likeness (QED) is 0.570. The number of aromatic nitrogens is 3. The molecule has 0 unspecified atom stereocenters. The van der Waals surface area contributed by atoms with E-state index in [-0.39, 0.29) is 6.03 Å². The average molecular weight is 440 g/mol. The summed E-state index contributed by atoms with van der Waals surface area (Å²) in [7, 11) is -3.40. The zero-order valence-electron chi connectivity index (χ0n) is 16.7. The van der Waals surface area contributed by atoms with Gasteiger partial charge in [0.2, 0.25) is 10.0 Å². The maximum absolute atomic E-state index is 12.9. The lowest BCUT2D eigenvalue weighted by Gasteiger charge is -2.22. The molecule has 2 amide bonds. The van der Waals surface area contributed by atoms with Gasteiger partial charge in [0.15, 0.2) is 11.6 Å². The Bertz CT molecular complexity index is 1200. The first-order chi connectivity index (χ1) is 14.9. The number of nitrogens with one attached hydrogen (secondary N) is 3. The number of sulfonamides is 1. The number of benzene rings is 1. The fraction of sp³-hybridized carbons (Fsp3) is 0.200. The normalized spacial score (nSPS) is 13.5. The molecule has 1 aliphatic rings. The molecule has 10 nitrogen and oxygen atoms in total. The van der Waals surface area contributed by atoms with Gasteiger partial charge in [0.05, 0.1) is 23.8 Å². The Balaban J connectivity index is 1.67. The minimum Gasteiger partial charge on any atom is -0.382 e. The molecule has 3 aromatic rings. The van der Waals surface area contributed by atoms with Crippen LogP contribution in [-0.4, -0.2) is 48.7 Å². The molecule has 0 bridgehead atoms. The smallest absolute Gasteiger partial charge is 0.328 e. The van der Waals surface area contributed by atoms with Crippen molar-refractivity contribution in [3.05, 3.63) is 55.0 Å². The Morgan fingerprint density at radius 1 is 1.19 bits per heavy atom. The van der Waals surface area contributed by atoms with Gasteiger partial charge in [0.1, 0.15) is 0 Å². The van der Waals surface area contributed by atoms with E-state index in [0.717, 1.165) is 23.9 Å². The first-order valence-corrected chi connectivity index (χ1v) is 11.5. The number of nitrogens with zero attached hydrogens (tertiary/aromatic N) is 4. The molecule has 0 fully saturated rings. The van der Waals surface area contributed by atoms with Gasteiger partial charge in [0.25, 0.3) is 0 Å². The van der Waals surface area contributed by atoms with Gasteiger partial charge in [-0.1, -0.05) is 12.1 Å². The molecular formula is C20H21N7O3S. The van der Waals surface area contributed by atoms with Crippen molar-refractivity contribution in [1.82, 2.24) is 15.0 Å². The number of urea groups is 1. The lowest BCUT2D eigenvalue weighted by molar-refractivity contribution is 0.256. The molecule has 11 heteroatoms. The molecule has 1 aliphatic heterocycles. The standard InChI is InChI=1S/C20H21N7O3S/c1-31(29,30)26-15-5-2-4-14(12-15)16-6-7-17-19(24-16)27(11-3-8-22-17)20(28)25-18-13-21-9-10-23-18/h2,4-7,9-10,12-13,22,26H,3,8,11H2,1H3,(H,23,25,28). The van der Waals surface area contributed by atoms with Crippen molar-refractivity contribution in [2.24, 2.45) is 0 Å². The highest BCUT2D eigenvalue weighted by Gasteiger charge is 2.24. The van der Waals surface area contributed by atoms with Crippen LogP contribution in [0.3, 0.4) is 0 Å². The molecule has 31 heavy (non-hydrogen) atoms. The van der Waals surface area contributed by atoms with E-state index in [1.54, 1.807) is 23.1 Å². The lowest BCUT2D eigenvalue weighted by Crippen LogP contribution is -2.36. The second-order valence-corrected chi connectivity index (χ2v) is 8.72. The fourth-order valence-electron chi connectivity index (χ4n) is 3.21. The monoisotopic (exact) mass is 439 g/mol. The minimum atomic E-state index is -3.40. The first kappa shape index (κ1) is 20.5. The van der Waals surface area contributed by atoms with Crippen molar-refractivity contribution in [3.8, 4) is 11.3 Å². The molecule has 0 atom stereocenters. The number of pyridine rings is 1. The fourth-order valence-corrected chi connectivity index (χ4v) is 3.77. The highest BCUT2D eigenvalue weighted by atomic mass is 32.2. The van der Waals surface area contributed by atoms with Crippen LogP contribution in [0.5, 0.6) is 0 Å². The van der Waals surface area contributed by atoms with E-state index in [4.69, 9.17) is 4.98 Å². The van der Waals surface area contributed by atoms with E-state index >= 15 is 0 Å². The summed E-state index contributed by atoms with van der Waals surface area (Å²) in [6.07, 6.45) is 6.34. The number of carbonyl (C=O) groups is 1. The minimum absolute atomic E-state index is 0.349. The maximum atomic E-state index is 12.9. The van der Waals surface area contributed by atoms with Crippen LogP contribution in [0, 0.1) is 0 Å².